The first-order valence-corrected chi connectivity index (χ1v) is 22.2. The Labute approximate surface area is 347 Å². The second-order valence-electron chi connectivity index (χ2n) is 14.0. The molecule has 0 bridgehead atoms. The molecule has 0 aliphatic heterocycles. The zero-order chi connectivity index (χ0) is 44.1. The predicted molar refractivity (Wildman–Crippen MR) is 259 cm³/mol. The van der Waals surface area contributed by atoms with E-state index in [4.69, 9.17) is 0 Å². The molecule has 55 heavy (non-hydrogen) atoms. The molecule has 0 fully saturated rings. The normalized spacial score (nSPS) is 18.2. The second-order valence-corrected chi connectivity index (χ2v) is 14.0. The van der Waals surface area contributed by atoms with Crippen molar-refractivity contribution in [3.05, 3.63) is 132 Å². The standard InChI is InChI=1S/C25H33F.C14H24.C7H16.3C2H6.C2H4/c1-7-11-21(17(4)9-3)24-14-10-13-23(19(24)6)20-15-18(5)22(12-8-2)25(26)16-20;1-6-8-10-13(5)14(12(3)4)11-9-7-2;1-5-7(4)6(2)3;4*1-2/h7,9-11,13,15-16,22,24-25H,1,8,12,14H2,2-6H3;11H,3,5-10H2,1-2,4H3;6-7H,5H2,1-4H3;3*1-2H3;1-2H2/b17-9+,21-11+;14-11-;;;;;. The number of halogens is 1. The lowest BCUT2D eigenvalue weighted by Gasteiger charge is -2.30. The highest BCUT2D eigenvalue weighted by molar-refractivity contribution is 5.56. The van der Waals surface area contributed by atoms with Crippen LogP contribution in [0.2, 0.25) is 0 Å². The van der Waals surface area contributed by atoms with Gasteiger partial charge in [0.15, 0.2) is 0 Å². The van der Waals surface area contributed by atoms with Gasteiger partial charge < -0.3 is 0 Å². The predicted octanol–water partition coefficient (Wildman–Crippen LogP) is 19.2. The summed E-state index contributed by atoms with van der Waals surface area (Å²) in [6, 6.07) is 0. The molecule has 2 aliphatic carbocycles. The molecule has 2 rings (SSSR count). The average molecular weight is 763 g/mol. The first-order chi connectivity index (χ1) is 26.2. The number of alkyl halides is 1. The third kappa shape index (κ3) is 25.8. The summed E-state index contributed by atoms with van der Waals surface area (Å²) in [6.07, 6.45) is 26.1. The van der Waals surface area contributed by atoms with Gasteiger partial charge >= 0.3 is 0 Å². The summed E-state index contributed by atoms with van der Waals surface area (Å²) < 4.78 is 14.8. The Morgan fingerprint density at radius 3 is 1.85 bits per heavy atom. The molecular weight excluding hydrogens is 668 g/mol. The molecule has 1 heteroatoms. The summed E-state index contributed by atoms with van der Waals surface area (Å²) in [7, 11) is 0. The number of rotatable bonds is 15. The fraction of sp³-hybridized carbons (Fsp3) is 0.593. The van der Waals surface area contributed by atoms with Crippen LogP contribution >= 0.6 is 0 Å². The van der Waals surface area contributed by atoms with Crippen LogP contribution in [0.4, 0.5) is 4.39 Å². The van der Waals surface area contributed by atoms with Gasteiger partial charge in [-0.1, -0.05) is 200 Å². The number of hydrogen-bond donors (Lipinski definition) is 0. The van der Waals surface area contributed by atoms with E-state index in [1.165, 1.54) is 64.7 Å². The van der Waals surface area contributed by atoms with E-state index in [2.05, 4.69) is 152 Å². The maximum atomic E-state index is 14.8. The van der Waals surface area contributed by atoms with E-state index in [9.17, 15) is 4.39 Å². The molecule has 0 heterocycles. The molecule has 4 unspecified atom stereocenters. The van der Waals surface area contributed by atoms with E-state index in [1.54, 1.807) is 0 Å². The Hall–Kier alpha value is -2.93. The molecule has 0 spiro atoms. The first kappa shape index (κ1) is 61.3. The zero-order valence-corrected chi connectivity index (χ0v) is 40.3. The lowest BCUT2D eigenvalue weighted by atomic mass is 9.76. The molecule has 2 aliphatic rings. The van der Waals surface area contributed by atoms with Crippen molar-refractivity contribution in [1.29, 1.82) is 0 Å². The molecule has 0 N–H and O–H groups in total. The molecule has 4 atom stereocenters. The molecule has 0 saturated heterocycles. The SMILES string of the molecule is C=C.C=C(C)/C(=C/CCC)C(=C)CCCC.C=C/C=C(\C(C)=C\C)C1CC=CC(C2=CC(F)C(CCC)C(C)=C2)=C1C.CC.CC.CC.CCC(C)C(C)C. The van der Waals surface area contributed by atoms with Crippen molar-refractivity contribution in [1.82, 2.24) is 0 Å². The van der Waals surface area contributed by atoms with Crippen LogP contribution in [-0.2, 0) is 0 Å². The minimum Gasteiger partial charge on any atom is -0.242 e. The minimum absolute atomic E-state index is 0.0366. The van der Waals surface area contributed by atoms with Gasteiger partial charge in [-0.05, 0) is 113 Å². The molecule has 318 valence electrons. The Kier molecular flexibility index (Phi) is 45.4. The van der Waals surface area contributed by atoms with Crippen molar-refractivity contribution in [2.75, 3.05) is 0 Å². The van der Waals surface area contributed by atoms with Gasteiger partial charge in [0.25, 0.3) is 0 Å². The fourth-order valence-corrected chi connectivity index (χ4v) is 6.03. The van der Waals surface area contributed by atoms with Gasteiger partial charge in [0, 0.05) is 11.8 Å². The van der Waals surface area contributed by atoms with Crippen LogP contribution in [0.1, 0.15) is 182 Å². The number of hydrogen-bond acceptors (Lipinski definition) is 0. The molecular formula is C54H95F. The van der Waals surface area contributed by atoms with Crippen LogP contribution in [-0.4, -0.2) is 6.17 Å². The van der Waals surface area contributed by atoms with Crippen LogP contribution in [0.5, 0.6) is 0 Å². The summed E-state index contributed by atoms with van der Waals surface area (Å²) in [6.45, 7) is 56.2. The smallest absolute Gasteiger partial charge is 0.126 e. The van der Waals surface area contributed by atoms with E-state index in [0.29, 0.717) is 5.92 Å². The van der Waals surface area contributed by atoms with Crippen molar-refractivity contribution >= 4 is 0 Å². The lowest BCUT2D eigenvalue weighted by Crippen LogP contribution is -2.20. The van der Waals surface area contributed by atoms with Crippen LogP contribution in [0.25, 0.3) is 0 Å². The Morgan fingerprint density at radius 1 is 0.909 bits per heavy atom. The Bertz CT molecular complexity index is 1220. The van der Waals surface area contributed by atoms with Gasteiger partial charge in [0.2, 0.25) is 0 Å². The van der Waals surface area contributed by atoms with Gasteiger partial charge in [0.05, 0.1) is 0 Å². The van der Waals surface area contributed by atoms with Crippen LogP contribution in [0, 0.1) is 23.7 Å². The van der Waals surface area contributed by atoms with Crippen LogP contribution in [0.15, 0.2) is 132 Å². The quantitative estimate of drug-likeness (QED) is 0.115. The topological polar surface area (TPSA) is 0 Å². The Morgan fingerprint density at radius 2 is 1.47 bits per heavy atom. The second kappa shape index (κ2) is 40.7. The van der Waals surface area contributed by atoms with E-state index < -0.39 is 6.17 Å². The van der Waals surface area contributed by atoms with Gasteiger partial charge in [-0.15, -0.1) is 13.2 Å². The molecule has 0 radical (unpaired) electrons. The maximum absolute atomic E-state index is 14.8. The monoisotopic (exact) mass is 763 g/mol. The highest BCUT2D eigenvalue weighted by Crippen LogP contribution is 2.40. The van der Waals surface area contributed by atoms with Crippen molar-refractivity contribution in [2.45, 2.75) is 189 Å². The van der Waals surface area contributed by atoms with Gasteiger partial charge in [-0.2, -0.15) is 0 Å². The van der Waals surface area contributed by atoms with Crippen molar-refractivity contribution in [3.63, 3.8) is 0 Å². The molecule has 0 aromatic carbocycles. The average Bonchev–Trinajstić information content (AvgIpc) is 3.20. The summed E-state index contributed by atoms with van der Waals surface area (Å²) in [4.78, 5) is 0. The summed E-state index contributed by atoms with van der Waals surface area (Å²) in [5, 5.41) is 0. The highest BCUT2D eigenvalue weighted by atomic mass is 19.1. The molecule has 0 saturated carbocycles. The number of unbranched alkanes of at least 4 members (excludes halogenated alkanes) is 2. The number of allylic oxidation sites excluding steroid dienone is 17. The van der Waals surface area contributed by atoms with Gasteiger partial charge in [-0.25, -0.2) is 4.39 Å². The summed E-state index contributed by atoms with van der Waals surface area (Å²) in [5.74, 6) is 2.13. The maximum Gasteiger partial charge on any atom is 0.126 e. The molecule has 0 amide bonds. The lowest BCUT2D eigenvalue weighted by molar-refractivity contribution is 0.292. The summed E-state index contributed by atoms with van der Waals surface area (Å²) in [5.41, 5.74) is 11.0. The molecule has 0 aromatic heterocycles. The third-order valence-electron chi connectivity index (χ3n) is 9.86. The van der Waals surface area contributed by atoms with Crippen LogP contribution < -0.4 is 0 Å². The first-order valence-electron chi connectivity index (χ1n) is 22.2. The van der Waals surface area contributed by atoms with E-state index in [-0.39, 0.29) is 5.92 Å². The van der Waals surface area contributed by atoms with E-state index >= 15 is 0 Å². The summed E-state index contributed by atoms with van der Waals surface area (Å²) >= 11 is 0. The van der Waals surface area contributed by atoms with Gasteiger partial charge in [-0.3, -0.25) is 0 Å². The fourth-order valence-electron chi connectivity index (χ4n) is 6.03. The third-order valence-corrected chi connectivity index (χ3v) is 9.86. The molecule has 0 aromatic rings. The Balaban J connectivity index is -0.000000241. The largest absolute Gasteiger partial charge is 0.242 e. The van der Waals surface area contributed by atoms with E-state index in [1.807, 2.05) is 53.7 Å². The zero-order valence-electron chi connectivity index (χ0n) is 40.3. The van der Waals surface area contributed by atoms with Crippen LogP contribution in [0.3, 0.4) is 0 Å². The van der Waals surface area contributed by atoms with E-state index in [0.717, 1.165) is 55.1 Å². The minimum atomic E-state index is -0.885. The van der Waals surface area contributed by atoms with Crippen molar-refractivity contribution < 1.29 is 4.39 Å². The van der Waals surface area contributed by atoms with Crippen molar-refractivity contribution in [2.24, 2.45) is 23.7 Å². The molecule has 0 nitrogen and oxygen atoms in total. The van der Waals surface area contributed by atoms with Crippen molar-refractivity contribution in [3.8, 4) is 0 Å². The van der Waals surface area contributed by atoms with Gasteiger partial charge in [0.1, 0.15) is 6.17 Å². The highest BCUT2D eigenvalue weighted by Gasteiger charge is 2.28.